The highest BCUT2D eigenvalue weighted by Gasteiger charge is 2.19. The molecule has 0 saturated carbocycles. The predicted molar refractivity (Wildman–Crippen MR) is 69.6 cm³/mol. The van der Waals surface area contributed by atoms with Crippen molar-refractivity contribution < 1.29 is 27.5 Å². The summed E-state index contributed by atoms with van der Waals surface area (Å²) in [6, 6.07) is 7.13. The Balaban J connectivity index is 2.23. The van der Waals surface area contributed by atoms with Crippen molar-refractivity contribution in [2.75, 3.05) is 7.11 Å². The normalized spacial score (nSPS) is 11.2. The Morgan fingerprint density at radius 3 is 2.45 bits per heavy atom. The van der Waals surface area contributed by atoms with E-state index in [0.717, 1.165) is 6.26 Å². The molecule has 6 nitrogen and oxygen atoms in total. The molecule has 20 heavy (non-hydrogen) atoms. The van der Waals surface area contributed by atoms with Crippen LogP contribution in [-0.2, 0) is 15.6 Å². The molecular formula is C13H12O6S. The standard InChI is InChI=1S/C13H12O6S/c1-18-10-2-4-12(5-3-10)20(16,17)8-11-6-9(7-19-11)13(14)15/h2-7H,8H2,1H3,(H,14,15). The van der Waals surface area contributed by atoms with Crippen LogP contribution in [-0.4, -0.2) is 26.6 Å². The summed E-state index contributed by atoms with van der Waals surface area (Å²) in [7, 11) is -2.11. The highest BCUT2D eigenvalue weighted by Crippen LogP contribution is 2.20. The van der Waals surface area contributed by atoms with Gasteiger partial charge in [-0.3, -0.25) is 0 Å². The molecule has 1 N–H and O–H groups in total. The van der Waals surface area contributed by atoms with E-state index in [2.05, 4.69) is 0 Å². The predicted octanol–water partition coefficient (Wildman–Crippen LogP) is 1.96. The van der Waals surface area contributed by atoms with Crippen LogP contribution in [0.25, 0.3) is 0 Å². The van der Waals surface area contributed by atoms with E-state index < -0.39 is 21.6 Å². The second-order valence-corrected chi connectivity index (χ2v) is 6.03. The lowest BCUT2D eigenvalue weighted by Gasteiger charge is -2.04. The van der Waals surface area contributed by atoms with Gasteiger partial charge in [-0.05, 0) is 30.3 Å². The van der Waals surface area contributed by atoms with Crippen LogP contribution in [0.5, 0.6) is 5.75 Å². The van der Waals surface area contributed by atoms with Gasteiger partial charge >= 0.3 is 5.97 Å². The second kappa shape index (κ2) is 5.38. The quantitative estimate of drug-likeness (QED) is 0.906. The highest BCUT2D eigenvalue weighted by molar-refractivity contribution is 7.90. The minimum Gasteiger partial charge on any atom is -0.497 e. The average molecular weight is 296 g/mol. The maximum Gasteiger partial charge on any atom is 0.338 e. The molecule has 0 aliphatic heterocycles. The van der Waals surface area contributed by atoms with Gasteiger partial charge in [-0.25, -0.2) is 13.2 Å². The lowest BCUT2D eigenvalue weighted by atomic mass is 10.3. The van der Waals surface area contributed by atoms with Gasteiger partial charge < -0.3 is 14.3 Å². The fraction of sp³-hybridized carbons (Fsp3) is 0.154. The van der Waals surface area contributed by atoms with Gasteiger partial charge in [-0.1, -0.05) is 0 Å². The third kappa shape index (κ3) is 3.00. The molecule has 0 spiro atoms. The van der Waals surface area contributed by atoms with Gasteiger partial charge in [0.1, 0.15) is 23.5 Å². The van der Waals surface area contributed by atoms with Gasteiger partial charge in [0, 0.05) is 0 Å². The summed E-state index contributed by atoms with van der Waals surface area (Å²) in [6.45, 7) is 0. The summed E-state index contributed by atoms with van der Waals surface area (Å²) < 4.78 is 34.2. The smallest absolute Gasteiger partial charge is 0.338 e. The van der Waals surface area contributed by atoms with Gasteiger partial charge in [0.05, 0.1) is 17.6 Å². The van der Waals surface area contributed by atoms with E-state index in [0.29, 0.717) is 5.75 Å². The van der Waals surface area contributed by atoms with E-state index in [4.69, 9.17) is 14.3 Å². The first kappa shape index (κ1) is 14.1. The van der Waals surface area contributed by atoms with E-state index in [1.165, 1.54) is 37.4 Å². The van der Waals surface area contributed by atoms with Crippen molar-refractivity contribution in [3.05, 3.63) is 47.9 Å². The molecule has 0 aliphatic carbocycles. The summed E-state index contributed by atoms with van der Waals surface area (Å²) in [5, 5.41) is 8.75. The first-order valence-electron chi connectivity index (χ1n) is 5.60. The number of furan rings is 1. The van der Waals surface area contributed by atoms with Crippen molar-refractivity contribution in [2.24, 2.45) is 0 Å². The number of methoxy groups -OCH3 is 1. The molecule has 1 aromatic heterocycles. The third-order valence-electron chi connectivity index (χ3n) is 2.65. The number of carboxylic acid groups (broad SMARTS) is 1. The fourth-order valence-electron chi connectivity index (χ4n) is 1.62. The number of rotatable bonds is 5. The monoisotopic (exact) mass is 296 g/mol. The molecule has 2 rings (SSSR count). The molecule has 2 aromatic rings. The van der Waals surface area contributed by atoms with Crippen LogP contribution in [0.2, 0.25) is 0 Å². The molecule has 0 radical (unpaired) electrons. The average Bonchev–Trinajstić information content (AvgIpc) is 2.87. The van der Waals surface area contributed by atoms with Crippen molar-refractivity contribution in [3.8, 4) is 5.75 Å². The lowest BCUT2D eigenvalue weighted by Crippen LogP contribution is -2.04. The highest BCUT2D eigenvalue weighted by atomic mass is 32.2. The summed E-state index contributed by atoms with van der Waals surface area (Å²) in [4.78, 5) is 10.8. The molecule has 0 saturated heterocycles. The minimum atomic E-state index is -3.59. The summed E-state index contributed by atoms with van der Waals surface area (Å²) >= 11 is 0. The first-order valence-corrected chi connectivity index (χ1v) is 7.25. The molecule has 7 heteroatoms. The van der Waals surface area contributed by atoms with E-state index >= 15 is 0 Å². The number of ether oxygens (including phenoxy) is 1. The van der Waals surface area contributed by atoms with Gasteiger partial charge in [0.15, 0.2) is 9.84 Å². The van der Waals surface area contributed by atoms with E-state index in [-0.39, 0.29) is 16.2 Å². The number of hydrogen-bond acceptors (Lipinski definition) is 5. The SMILES string of the molecule is COc1ccc(S(=O)(=O)Cc2cc(C(=O)O)co2)cc1. The zero-order valence-corrected chi connectivity index (χ0v) is 11.4. The van der Waals surface area contributed by atoms with Gasteiger partial charge in [-0.2, -0.15) is 0 Å². The molecule has 0 atom stereocenters. The zero-order chi connectivity index (χ0) is 14.8. The van der Waals surface area contributed by atoms with Gasteiger partial charge in [0.2, 0.25) is 0 Å². The number of carboxylic acids is 1. The largest absolute Gasteiger partial charge is 0.497 e. The molecule has 0 aliphatic rings. The first-order chi connectivity index (χ1) is 9.42. The summed E-state index contributed by atoms with van der Waals surface area (Å²) in [6.07, 6.45) is 1.02. The molecule has 1 aromatic carbocycles. The lowest BCUT2D eigenvalue weighted by molar-refractivity contribution is 0.0696. The third-order valence-corrected chi connectivity index (χ3v) is 4.31. The van der Waals surface area contributed by atoms with Crippen LogP contribution in [0.1, 0.15) is 16.1 Å². The molecule has 0 amide bonds. The summed E-state index contributed by atoms with van der Waals surface area (Å²) in [5.74, 6) is -0.928. The molecular weight excluding hydrogens is 284 g/mol. The maximum atomic E-state index is 12.1. The van der Waals surface area contributed by atoms with Crippen molar-refractivity contribution >= 4 is 15.8 Å². The molecule has 1 heterocycles. The minimum absolute atomic E-state index is 0.0788. The van der Waals surface area contributed by atoms with Crippen LogP contribution < -0.4 is 4.74 Å². The number of sulfone groups is 1. The van der Waals surface area contributed by atoms with E-state index in [1.807, 2.05) is 0 Å². The van der Waals surface area contributed by atoms with Gasteiger partial charge in [-0.15, -0.1) is 0 Å². The Hall–Kier alpha value is -2.28. The second-order valence-electron chi connectivity index (χ2n) is 4.04. The van der Waals surface area contributed by atoms with E-state index in [1.54, 1.807) is 0 Å². The van der Waals surface area contributed by atoms with Crippen molar-refractivity contribution in [1.29, 1.82) is 0 Å². The molecule has 106 valence electrons. The number of aromatic carboxylic acids is 1. The van der Waals surface area contributed by atoms with Crippen LogP contribution in [0.3, 0.4) is 0 Å². The molecule has 0 fully saturated rings. The van der Waals surface area contributed by atoms with Crippen LogP contribution in [0.4, 0.5) is 0 Å². The van der Waals surface area contributed by atoms with Gasteiger partial charge in [0.25, 0.3) is 0 Å². The number of carbonyl (C=O) groups is 1. The number of benzene rings is 1. The van der Waals surface area contributed by atoms with Crippen LogP contribution >= 0.6 is 0 Å². The van der Waals surface area contributed by atoms with Crippen LogP contribution in [0.15, 0.2) is 45.9 Å². The van der Waals surface area contributed by atoms with E-state index in [9.17, 15) is 13.2 Å². The topological polar surface area (TPSA) is 93.8 Å². The Labute approximate surface area is 115 Å². The Morgan fingerprint density at radius 2 is 1.95 bits per heavy atom. The zero-order valence-electron chi connectivity index (χ0n) is 10.6. The van der Waals surface area contributed by atoms with Crippen molar-refractivity contribution in [3.63, 3.8) is 0 Å². The van der Waals surface area contributed by atoms with Crippen LogP contribution in [0, 0.1) is 0 Å². The Bertz CT molecular complexity index is 712. The van der Waals surface area contributed by atoms with Crippen molar-refractivity contribution in [1.82, 2.24) is 0 Å². The Kier molecular flexibility index (Phi) is 3.80. The van der Waals surface area contributed by atoms with Crippen molar-refractivity contribution in [2.45, 2.75) is 10.6 Å². The fourth-order valence-corrected chi connectivity index (χ4v) is 2.87. The molecule has 0 unspecified atom stereocenters. The maximum absolute atomic E-state index is 12.1. The number of hydrogen-bond donors (Lipinski definition) is 1. The summed E-state index contributed by atoms with van der Waals surface area (Å²) in [5.41, 5.74) is -0.0788. The Morgan fingerprint density at radius 1 is 1.30 bits per heavy atom. The molecule has 0 bridgehead atoms.